The number of amides is 1. The lowest BCUT2D eigenvalue weighted by atomic mass is 9.77. The molecule has 2 heterocycles. The fourth-order valence-electron chi connectivity index (χ4n) is 3.90. The van der Waals surface area contributed by atoms with Gasteiger partial charge in [0, 0.05) is 6.42 Å². The number of benzene rings is 2. The largest absolute Gasteiger partial charge is 0.444 e. The third-order valence-electron chi connectivity index (χ3n) is 5.08. The Balaban J connectivity index is 1.63. The van der Waals surface area contributed by atoms with Crippen LogP contribution < -0.4 is 4.90 Å². The van der Waals surface area contributed by atoms with Gasteiger partial charge in [-0.2, -0.15) is 0 Å². The van der Waals surface area contributed by atoms with Crippen LogP contribution in [0.1, 0.15) is 24.0 Å². The van der Waals surface area contributed by atoms with Crippen LogP contribution in [0.4, 0.5) is 10.5 Å². The fraction of sp³-hybridized carbons (Fsp3) is 0.300. The first-order valence-corrected chi connectivity index (χ1v) is 8.41. The van der Waals surface area contributed by atoms with Crippen LogP contribution in [0.2, 0.25) is 0 Å². The van der Waals surface area contributed by atoms with Gasteiger partial charge in [0.2, 0.25) is 0 Å². The van der Waals surface area contributed by atoms with E-state index in [-0.39, 0.29) is 6.61 Å². The molecular weight excluding hydrogens is 318 g/mol. The highest BCUT2D eigenvalue weighted by Gasteiger charge is 2.56. The Morgan fingerprint density at radius 2 is 1.96 bits per heavy atom. The van der Waals surface area contributed by atoms with Crippen LogP contribution in [0.3, 0.4) is 0 Å². The van der Waals surface area contributed by atoms with Gasteiger partial charge >= 0.3 is 6.09 Å². The molecule has 128 valence electrons. The molecule has 1 amide bonds. The Morgan fingerprint density at radius 1 is 1.20 bits per heavy atom. The monoisotopic (exact) mass is 337 g/mol. The lowest BCUT2D eigenvalue weighted by Crippen LogP contribution is -2.45. The van der Waals surface area contributed by atoms with Crippen molar-refractivity contribution in [2.75, 3.05) is 11.5 Å². The van der Waals surface area contributed by atoms with Crippen LogP contribution in [0.25, 0.3) is 0 Å². The molecule has 0 unspecified atom stereocenters. The first-order valence-electron chi connectivity index (χ1n) is 8.41. The number of aldehydes is 1. The number of para-hydroxylation sites is 1. The first kappa shape index (κ1) is 15.8. The number of hydrogen-bond acceptors (Lipinski definition) is 4. The van der Waals surface area contributed by atoms with E-state index in [4.69, 9.17) is 9.47 Å². The van der Waals surface area contributed by atoms with Crippen molar-refractivity contribution in [1.82, 2.24) is 0 Å². The lowest BCUT2D eigenvalue weighted by molar-refractivity contribution is -0.109. The summed E-state index contributed by atoms with van der Waals surface area (Å²) in [6, 6.07) is 17.2. The summed E-state index contributed by atoms with van der Waals surface area (Å²) < 4.78 is 11.4. The van der Waals surface area contributed by atoms with E-state index in [0.717, 1.165) is 29.5 Å². The maximum absolute atomic E-state index is 12.8. The fourth-order valence-corrected chi connectivity index (χ4v) is 3.90. The standard InChI is InChI=1S/C20H19NO4/c22-12-10-20-11-13-24-18(20)21(17-9-5-4-8-16(17)20)19(23)25-14-15-6-2-1-3-7-15/h1-9,12,18H,10-11,13-14H2/t18-,20-/m0/s1. The van der Waals surface area contributed by atoms with E-state index in [9.17, 15) is 9.59 Å². The van der Waals surface area contributed by atoms with Gasteiger partial charge in [-0.05, 0) is 23.6 Å². The Bertz CT molecular complexity index is 791. The third-order valence-corrected chi connectivity index (χ3v) is 5.08. The van der Waals surface area contributed by atoms with Crippen molar-refractivity contribution in [3.8, 4) is 0 Å². The molecule has 2 atom stereocenters. The molecule has 0 radical (unpaired) electrons. The molecule has 2 aliphatic rings. The van der Waals surface area contributed by atoms with Gasteiger partial charge in [-0.25, -0.2) is 9.69 Å². The quantitative estimate of drug-likeness (QED) is 0.802. The third kappa shape index (κ3) is 2.51. The van der Waals surface area contributed by atoms with Gasteiger partial charge in [0.15, 0.2) is 6.23 Å². The van der Waals surface area contributed by atoms with Crippen LogP contribution >= 0.6 is 0 Å². The maximum Gasteiger partial charge on any atom is 0.416 e. The normalized spacial score (nSPS) is 23.8. The average molecular weight is 337 g/mol. The first-order chi connectivity index (χ1) is 12.3. The molecule has 4 rings (SSSR count). The molecule has 2 aromatic carbocycles. The molecule has 0 aliphatic carbocycles. The molecule has 2 aliphatic heterocycles. The highest BCUT2D eigenvalue weighted by atomic mass is 16.6. The summed E-state index contributed by atoms with van der Waals surface area (Å²) >= 11 is 0. The summed E-state index contributed by atoms with van der Waals surface area (Å²) in [6.45, 7) is 0.723. The van der Waals surface area contributed by atoms with Crippen molar-refractivity contribution in [2.24, 2.45) is 0 Å². The average Bonchev–Trinajstić information content (AvgIpc) is 3.16. The molecule has 0 bridgehead atoms. The smallest absolute Gasteiger partial charge is 0.416 e. The van der Waals surface area contributed by atoms with Gasteiger partial charge in [-0.15, -0.1) is 0 Å². The van der Waals surface area contributed by atoms with E-state index < -0.39 is 17.7 Å². The van der Waals surface area contributed by atoms with E-state index in [0.29, 0.717) is 13.0 Å². The van der Waals surface area contributed by atoms with Crippen molar-refractivity contribution in [3.05, 3.63) is 65.7 Å². The molecule has 0 N–H and O–H groups in total. The van der Waals surface area contributed by atoms with Crippen LogP contribution in [-0.4, -0.2) is 25.2 Å². The number of fused-ring (bicyclic) bond motifs is 3. The maximum atomic E-state index is 12.8. The molecule has 0 saturated carbocycles. The molecule has 1 saturated heterocycles. The molecule has 25 heavy (non-hydrogen) atoms. The van der Waals surface area contributed by atoms with Gasteiger partial charge in [-0.1, -0.05) is 48.5 Å². The van der Waals surface area contributed by atoms with Crippen LogP contribution in [0, 0.1) is 0 Å². The second-order valence-corrected chi connectivity index (χ2v) is 6.43. The number of hydrogen-bond donors (Lipinski definition) is 0. The molecule has 5 nitrogen and oxygen atoms in total. The van der Waals surface area contributed by atoms with E-state index in [1.807, 2.05) is 54.6 Å². The molecular formula is C20H19NO4. The zero-order valence-corrected chi connectivity index (χ0v) is 13.8. The number of ether oxygens (including phenoxy) is 2. The zero-order valence-electron chi connectivity index (χ0n) is 13.8. The summed E-state index contributed by atoms with van der Waals surface area (Å²) in [5.74, 6) is 0. The van der Waals surface area contributed by atoms with E-state index in [1.165, 1.54) is 0 Å². The summed E-state index contributed by atoms with van der Waals surface area (Å²) in [4.78, 5) is 25.7. The van der Waals surface area contributed by atoms with E-state index in [1.54, 1.807) is 4.90 Å². The highest BCUT2D eigenvalue weighted by molar-refractivity contribution is 5.92. The number of carbonyl (C=O) groups is 2. The Hall–Kier alpha value is -2.66. The molecule has 2 aromatic rings. The van der Waals surface area contributed by atoms with E-state index in [2.05, 4.69) is 0 Å². The van der Waals surface area contributed by atoms with Gasteiger partial charge in [0.25, 0.3) is 0 Å². The molecule has 0 spiro atoms. The summed E-state index contributed by atoms with van der Waals surface area (Å²) in [5, 5.41) is 0. The lowest BCUT2D eigenvalue weighted by Gasteiger charge is -2.29. The number of carbonyl (C=O) groups excluding carboxylic acids is 2. The molecule has 0 aromatic heterocycles. The minimum absolute atomic E-state index is 0.200. The van der Waals surface area contributed by atoms with Crippen LogP contribution in [0.15, 0.2) is 54.6 Å². The highest BCUT2D eigenvalue weighted by Crippen LogP contribution is 2.52. The van der Waals surface area contributed by atoms with Crippen LogP contribution in [0.5, 0.6) is 0 Å². The number of rotatable bonds is 4. The Kier molecular flexibility index (Phi) is 4.01. The Labute approximate surface area is 146 Å². The van der Waals surface area contributed by atoms with E-state index >= 15 is 0 Å². The summed E-state index contributed by atoms with van der Waals surface area (Å²) in [6.07, 6.45) is 1.03. The second-order valence-electron chi connectivity index (χ2n) is 6.43. The Morgan fingerprint density at radius 3 is 2.76 bits per heavy atom. The zero-order chi connectivity index (χ0) is 17.3. The SMILES string of the molecule is O=CC[C@@]12CCO[C@@H]1N(C(=O)OCc1ccccc1)c1ccccc12. The van der Waals surface area contributed by atoms with Gasteiger partial charge in [-0.3, -0.25) is 0 Å². The van der Waals surface area contributed by atoms with Crippen molar-refractivity contribution >= 4 is 18.1 Å². The molecule has 1 fully saturated rings. The predicted molar refractivity (Wildman–Crippen MR) is 92.3 cm³/mol. The van der Waals surface area contributed by atoms with Crippen molar-refractivity contribution in [3.63, 3.8) is 0 Å². The summed E-state index contributed by atoms with van der Waals surface area (Å²) in [5.41, 5.74) is 2.22. The second kappa shape index (κ2) is 6.33. The van der Waals surface area contributed by atoms with Crippen LogP contribution in [-0.2, 0) is 26.3 Å². The minimum Gasteiger partial charge on any atom is -0.444 e. The van der Waals surface area contributed by atoms with Gasteiger partial charge in [0.05, 0.1) is 17.7 Å². The summed E-state index contributed by atoms with van der Waals surface area (Å²) in [7, 11) is 0. The van der Waals surface area contributed by atoms with Gasteiger partial charge < -0.3 is 14.3 Å². The predicted octanol–water partition coefficient (Wildman–Crippen LogP) is 3.42. The topological polar surface area (TPSA) is 55.8 Å². The van der Waals surface area contributed by atoms with Gasteiger partial charge in [0.1, 0.15) is 12.9 Å². The van der Waals surface area contributed by atoms with Crippen molar-refractivity contribution < 1.29 is 19.1 Å². The number of nitrogens with zero attached hydrogens (tertiary/aromatic N) is 1. The number of anilines is 1. The molecule has 5 heteroatoms. The van der Waals surface area contributed by atoms with Crippen molar-refractivity contribution in [2.45, 2.75) is 31.1 Å². The minimum atomic E-state index is -0.488. The van der Waals surface area contributed by atoms with Crippen molar-refractivity contribution in [1.29, 1.82) is 0 Å².